The average molecular weight is 159 g/mol. The number of furan rings is 1. The summed E-state index contributed by atoms with van der Waals surface area (Å²) in [6, 6.07) is 3.75. The maximum atomic E-state index is 5.99. The second-order valence-corrected chi connectivity index (χ2v) is 3.13. The van der Waals surface area contributed by atoms with Gasteiger partial charge in [0.15, 0.2) is 0 Å². The van der Waals surface area contributed by atoms with Crippen LogP contribution in [-0.4, -0.2) is 0 Å². The summed E-state index contributed by atoms with van der Waals surface area (Å²) >= 11 is 5.99. The number of rotatable bonds is 2. The average Bonchev–Trinajstić information content (AvgIpc) is 2.36. The first-order valence-electron chi connectivity index (χ1n) is 3.39. The van der Waals surface area contributed by atoms with Crippen LogP contribution < -0.4 is 0 Å². The third kappa shape index (κ3) is 1.54. The summed E-state index contributed by atoms with van der Waals surface area (Å²) in [7, 11) is 0. The van der Waals surface area contributed by atoms with Crippen molar-refractivity contribution in [3.8, 4) is 0 Å². The fourth-order valence-corrected chi connectivity index (χ4v) is 0.901. The van der Waals surface area contributed by atoms with E-state index in [9.17, 15) is 0 Å². The van der Waals surface area contributed by atoms with Crippen LogP contribution in [0.5, 0.6) is 0 Å². The molecule has 1 nitrogen and oxygen atoms in total. The van der Waals surface area contributed by atoms with Crippen LogP contribution in [0, 0.1) is 5.92 Å². The van der Waals surface area contributed by atoms with Gasteiger partial charge in [0.1, 0.15) is 5.76 Å². The van der Waals surface area contributed by atoms with Crippen LogP contribution in [0.2, 0.25) is 0 Å². The van der Waals surface area contributed by atoms with E-state index in [0.29, 0.717) is 5.92 Å². The van der Waals surface area contributed by atoms with Gasteiger partial charge in [-0.2, -0.15) is 0 Å². The van der Waals surface area contributed by atoms with Gasteiger partial charge in [0.05, 0.1) is 11.6 Å². The highest BCUT2D eigenvalue weighted by atomic mass is 35.5. The molecule has 0 spiro atoms. The zero-order chi connectivity index (χ0) is 7.56. The molecule has 1 heterocycles. The highest BCUT2D eigenvalue weighted by Gasteiger charge is 2.13. The smallest absolute Gasteiger partial charge is 0.121 e. The van der Waals surface area contributed by atoms with Gasteiger partial charge < -0.3 is 4.42 Å². The van der Waals surface area contributed by atoms with Crippen LogP contribution >= 0.6 is 11.6 Å². The minimum absolute atomic E-state index is 0.00926. The number of hydrogen-bond acceptors (Lipinski definition) is 1. The normalized spacial score (nSPS) is 14.0. The van der Waals surface area contributed by atoms with Gasteiger partial charge in [-0.1, -0.05) is 13.8 Å². The first-order valence-corrected chi connectivity index (χ1v) is 3.83. The monoisotopic (exact) mass is 158 g/mol. The minimum Gasteiger partial charge on any atom is -0.468 e. The first-order chi connectivity index (χ1) is 4.72. The Bertz CT molecular complexity index is 179. The highest BCUT2D eigenvalue weighted by Crippen LogP contribution is 2.28. The van der Waals surface area contributed by atoms with E-state index in [1.165, 1.54) is 0 Å². The standard InChI is InChI=1S/C8H11ClO/c1-6(2)8(9)7-4-3-5-10-7/h3-6,8H,1-2H3. The lowest BCUT2D eigenvalue weighted by Gasteiger charge is -2.08. The van der Waals surface area contributed by atoms with Gasteiger partial charge in [0.2, 0.25) is 0 Å². The summed E-state index contributed by atoms with van der Waals surface area (Å²) < 4.78 is 5.12. The zero-order valence-corrected chi connectivity index (χ0v) is 6.93. The van der Waals surface area contributed by atoms with E-state index in [1.807, 2.05) is 12.1 Å². The van der Waals surface area contributed by atoms with Gasteiger partial charge in [-0.25, -0.2) is 0 Å². The van der Waals surface area contributed by atoms with Gasteiger partial charge in [-0.05, 0) is 18.1 Å². The topological polar surface area (TPSA) is 13.1 Å². The summed E-state index contributed by atoms with van der Waals surface area (Å²) in [6.07, 6.45) is 1.65. The summed E-state index contributed by atoms with van der Waals surface area (Å²) in [5, 5.41) is 0.00926. The zero-order valence-electron chi connectivity index (χ0n) is 6.17. The van der Waals surface area contributed by atoms with Gasteiger partial charge in [0.25, 0.3) is 0 Å². The van der Waals surface area contributed by atoms with E-state index < -0.39 is 0 Å². The van der Waals surface area contributed by atoms with Crippen molar-refractivity contribution in [3.05, 3.63) is 24.2 Å². The summed E-state index contributed by atoms with van der Waals surface area (Å²) in [6.45, 7) is 4.14. The van der Waals surface area contributed by atoms with Crippen molar-refractivity contribution >= 4 is 11.6 Å². The largest absolute Gasteiger partial charge is 0.468 e. The van der Waals surface area contributed by atoms with Crippen LogP contribution in [0.25, 0.3) is 0 Å². The van der Waals surface area contributed by atoms with Gasteiger partial charge >= 0.3 is 0 Å². The molecule has 0 radical (unpaired) electrons. The molecule has 0 aromatic carbocycles. The predicted octanol–water partition coefficient (Wildman–Crippen LogP) is 3.22. The molecule has 0 aliphatic carbocycles. The van der Waals surface area contributed by atoms with E-state index in [0.717, 1.165) is 5.76 Å². The van der Waals surface area contributed by atoms with Crippen LogP contribution in [-0.2, 0) is 0 Å². The molecule has 1 aromatic rings. The minimum atomic E-state index is 0.00926. The maximum Gasteiger partial charge on any atom is 0.121 e. The van der Waals surface area contributed by atoms with Gasteiger partial charge in [0, 0.05) is 0 Å². The lowest BCUT2D eigenvalue weighted by molar-refractivity contribution is 0.461. The SMILES string of the molecule is CC(C)C(Cl)c1ccco1. The van der Waals surface area contributed by atoms with E-state index in [2.05, 4.69) is 13.8 Å². The quantitative estimate of drug-likeness (QED) is 0.603. The van der Waals surface area contributed by atoms with E-state index in [1.54, 1.807) is 6.26 Å². The molecule has 1 rings (SSSR count). The van der Waals surface area contributed by atoms with Crippen molar-refractivity contribution in [2.24, 2.45) is 5.92 Å². The molecular weight excluding hydrogens is 148 g/mol. The predicted molar refractivity (Wildman–Crippen MR) is 42.1 cm³/mol. The number of alkyl halides is 1. The maximum absolute atomic E-state index is 5.99. The van der Waals surface area contributed by atoms with E-state index >= 15 is 0 Å². The Balaban J connectivity index is 2.68. The summed E-state index contributed by atoms with van der Waals surface area (Å²) in [5.41, 5.74) is 0. The lowest BCUT2D eigenvalue weighted by atomic mass is 10.1. The first kappa shape index (κ1) is 7.67. The molecule has 0 N–H and O–H groups in total. The molecule has 1 atom stereocenters. The van der Waals surface area contributed by atoms with Crippen molar-refractivity contribution < 1.29 is 4.42 Å². The molecule has 0 saturated heterocycles. The number of halogens is 1. The molecule has 10 heavy (non-hydrogen) atoms. The van der Waals surface area contributed by atoms with Crippen LogP contribution in [0.1, 0.15) is 25.0 Å². The Hall–Kier alpha value is -0.430. The molecule has 0 aliphatic heterocycles. The summed E-state index contributed by atoms with van der Waals surface area (Å²) in [4.78, 5) is 0. The Labute approximate surface area is 66.0 Å². The van der Waals surface area contributed by atoms with E-state index in [-0.39, 0.29) is 5.38 Å². The molecule has 0 aliphatic rings. The fraction of sp³-hybridized carbons (Fsp3) is 0.500. The Morgan fingerprint density at radius 1 is 1.50 bits per heavy atom. The van der Waals surface area contributed by atoms with Crippen molar-refractivity contribution in [2.75, 3.05) is 0 Å². The third-order valence-corrected chi connectivity index (χ3v) is 2.12. The fourth-order valence-electron chi connectivity index (χ4n) is 0.777. The second-order valence-electron chi connectivity index (χ2n) is 2.66. The van der Waals surface area contributed by atoms with Crippen molar-refractivity contribution in [3.63, 3.8) is 0 Å². The Morgan fingerprint density at radius 3 is 2.60 bits per heavy atom. The lowest BCUT2D eigenvalue weighted by Crippen LogP contribution is -1.96. The van der Waals surface area contributed by atoms with Crippen LogP contribution in [0.3, 0.4) is 0 Å². The van der Waals surface area contributed by atoms with Crippen molar-refractivity contribution in [1.82, 2.24) is 0 Å². The molecule has 1 unspecified atom stereocenters. The van der Waals surface area contributed by atoms with Gasteiger partial charge in [-0.15, -0.1) is 11.6 Å². The molecule has 0 fully saturated rings. The highest BCUT2D eigenvalue weighted by molar-refractivity contribution is 6.20. The second kappa shape index (κ2) is 3.11. The molecule has 56 valence electrons. The van der Waals surface area contributed by atoms with E-state index in [4.69, 9.17) is 16.0 Å². The van der Waals surface area contributed by atoms with Crippen LogP contribution in [0.4, 0.5) is 0 Å². The summed E-state index contributed by atoms with van der Waals surface area (Å²) in [5.74, 6) is 1.28. The Morgan fingerprint density at radius 2 is 2.20 bits per heavy atom. The molecule has 1 aromatic heterocycles. The Kier molecular flexibility index (Phi) is 2.39. The number of hydrogen-bond donors (Lipinski definition) is 0. The van der Waals surface area contributed by atoms with Crippen molar-refractivity contribution in [2.45, 2.75) is 19.2 Å². The molecular formula is C8H11ClO. The molecule has 2 heteroatoms. The molecule has 0 bridgehead atoms. The van der Waals surface area contributed by atoms with Gasteiger partial charge in [-0.3, -0.25) is 0 Å². The molecule has 0 amide bonds. The van der Waals surface area contributed by atoms with Crippen molar-refractivity contribution in [1.29, 1.82) is 0 Å². The molecule has 0 saturated carbocycles. The third-order valence-electron chi connectivity index (χ3n) is 1.40. The van der Waals surface area contributed by atoms with Crippen LogP contribution in [0.15, 0.2) is 22.8 Å².